The quantitative estimate of drug-likeness (QED) is 0.890. The third kappa shape index (κ3) is 3.03. The normalized spacial score (nSPS) is 20.2. The van der Waals surface area contributed by atoms with Gasteiger partial charge in [-0.25, -0.2) is 0 Å². The lowest BCUT2D eigenvalue weighted by atomic mass is 9.85. The molecule has 0 saturated carbocycles. The fourth-order valence-electron chi connectivity index (χ4n) is 3.91. The maximum atomic E-state index is 12.8. The average molecular weight is 377 g/mol. The molecule has 3 aliphatic rings. The number of ether oxygens (including phenoxy) is 2. The van der Waals surface area contributed by atoms with Gasteiger partial charge in [-0.15, -0.1) is 0 Å². The summed E-state index contributed by atoms with van der Waals surface area (Å²) in [7, 11) is 0. The van der Waals surface area contributed by atoms with Gasteiger partial charge in [-0.05, 0) is 30.7 Å². The van der Waals surface area contributed by atoms with Crippen LogP contribution in [0.3, 0.4) is 0 Å². The molecule has 1 amide bonds. The van der Waals surface area contributed by atoms with Crippen LogP contribution in [0.2, 0.25) is 0 Å². The molecule has 0 radical (unpaired) electrons. The van der Waals surface area contributed by atoms with Gasteiger partial charge in [0, 0.05) is 36.1 Å². The van der Waals surface area contributed by atoms with E-state index in [4.69, 9.17) is 9.47 Å². The van der Waals surface area contributed by atoms with Crippen LogP contribution >= 0.6 is 0 Å². The lowest BCUT2D eigenvalue weighted by Gasteiger charge is -2.34. The van der Waals surface area contributed by atoms with E-state index in [2.05, 4.69) is 10.3 Å². The second-order valence-corrected chi connectivity index (χ2v) is 7.14. The molecule has 1 saturated heterocycles. The molecule has 1 N–H and O–H groups in total. The van der Waals surface area contributed by atoms with Crippen molar-refractivity contribution in [3.63, 3.8) is 0 Å². The van der Waals surface area contributed by atoms with Gasteiger partial charge in [-0.1, -0.05) is 12.1 Å². The Kier molecular flexibility index (Phi) is 4.09. The Balaban J connectivity index is 1.24. The zero-order valence-corrected chi connectivity index (χ0v) is 15.2. The SMILES string of the molecule is O=C(CN1CCC2=Nc3ccccc3C(=O)C2C1)Nc1ccc2c(c1)OCO2. The summed E-state index contributed by atoms with van der Waals surface area (Å²) in [6.07, 6.45) is 0.696. The van der Waals surface area contributed by atoms with Gasteiger partial charge in [0.1, 0.15) is 0 Å². The highest BCUT2D eigenvalue weighted by molar-refractivity contribution is 6.18. The molecular formula is C21H19N3O4. The monoisotopic (exact) mass is 377 g/mol. The minimum atomic E-state index is -0.262. The van der Waals surface area contributed by atoms with Crippen LogP contribution in [-0.2, 0) is 4.79 Å². The number of likely N-dealkylation sites (tertiary alicyclic amines) is 1. The number of carbonyl (C=O) groups excluding carboxylic acids is 2. The van der Waals surface area contributed by atoms with E-state index in [1.807, 2.05) is 29.2 Å². The third-order valence-corrected chi connectivity index (χ3v) is 5.30. The van der Waals surface area contributed by atoms with Crippen LogP contribution in [0.5, 0.6) is 11.5 Å². The second-order valence-electron chi connectivity index (χ2n) is 7.14. The van der Waals surface area contributed by atoms with Gasteiger partial charge in [-0.3, -0.25) is 19.5 Å². The molecule has 7 heteroatoms. The van der Waals surface area contributed by atoms with E-state index < -0.39 is 0 Å². The highest BCUT2D eigenvalue weighted by atomic mass is 16.7. The first-order valence-corrected chi connectivity index (χ1v) is 9.30. The number of rotatable bonds is 3. The lowest BCUT2D eigenvalue weighted by Crippen LogP contribution is -2.47. The van der Waals surface area contributed by atoms with Gasteiger partial charge in [0.25, 0.3) is 0 Å². The Morgan fingerprint density at radius 3 is 2.96 bits per heavy atom. The number of ketones is 1. The van der Waals surface area contributed by atoms with E-state index in [1.165, 1.54) is 0 Å². The molecule has 0 bridgehead atoms. The summed E-state index contributed by atoms with van der Waals surface area (Å²) >= 11 is 0. The van der Waals surface area contributed by atoms with Crippen LogP contribution in [0.25, 0.3) is 0 Å². The highest BCUT2D eigenvalue weighted by Crippen LogP contribution is 2.34. The highest BCUT2D eigenvalue weighted by Gasteiger charge is 2.36. The van der Waals surface area contributed by atoms with Crippen molar-refractivity contribution in [2.45, 2.75) is 6.42 Å². The molecule has 0 aliphatic carbocycles. The maximum Gasteiger partial charge on any atom is 0.238 e. The number of carbonyl (C=O) groups is 2. The van der Waals surface area contributed by atoms with E-state index in [-0.39, 0.29) is 30.9 Å². The molecule has 1 atom stereocenters. The topological polar surface area (TPSA) is 80.2 Å². The van der Waals surface area contributed by atoms with Gasteiger partial charge < -0.3 is 14.8 Å². The Hall–Kier alpha value is -3.19. The largest absolute Gasteiger partial charge is 0.454 e. The van der Waals surface area contributed by atoms with E-state index in [1.54, 1.807) is 18.2 Å². The Labute approximate surface area is 162 Å². The number of nitrogens with zero attached hydrogens (tertiary/aromatic N) is 2. The molecule has 3 aliphatic heterocycles. The number of piperidine rings is 1. The molecule has 1 fully saturated rings. The number of amides is 1. The number of hydrogen-bond donors (Lipinski definition) is 1. The van der Waals surface area contributed by atoms with E-state index in [9.17, 15) is 9.59 Å². The zero-order valence-electron chi connectivity index (χ0n) is 15.2. The molecule has 28 heavy (non-hydrogen) atoms. The molecule has 5 rings (SSSR count). The molecule has 0 aromatic heterocycles. The maximum absolute atomic E-state index is 12.8. The molecule has 3 heterocycles. The number of para-hydroxylation sites is 1. The van der Waals surface area contributed by atoms with E-state index in [0.29, 0.717) is 42.3 Å². The number of fused-ring (bicyclic) bond motifs is 3. The first kappa shape index (κ1) is 16.9. The number of aliphatic imine (C=N–C) groups is 1. The van der Waals surface area contributed by atoms with Crippen molar-refractivity contribution in [1.29, 1.82) is 0 Å². The van der Waals surface area contributed by atoms with Gasteiger partial charge in [0.15, 0.2) is 17.3 Å². The Morgan fingerprint density at radius 1 is 1.18 bits per heavy atom. The summed E-state index contributed by atoms with van der Waals surface area (Å²) in [5.41, 5.74) is 3.02. The minimum Gasteiger partial charge on any atom is -0.454 e. The van der Waals surface area contributed by atoms with Crippen LogP contribution in [0.15, 0.2) is 47.5 Å². The van der Waals surface area contributed by atoms with Crippen molar-refractivity contribution >= 4 is 28.8 Å². The molecule has 1 unspecified atom stereocenters. The molecule has 7 nitrogen and oxygen atoms in total. The third-order valence-electron chi connectivity index (χ3n) is 5.30. The summed E-state index contributed by atoms with van der Waals surface area (Å²) in [6, 6.07) is 12.8. The lowest BCUT2D eigenvalue weighted by molar-refractivity contribution is -0.117. The van der Waals surface area contributed by atoms with Crippen LogP contribution in [0.4, 0.5) is 11.4 Å². The fourth-order valence-corrected chi connectivity index (χ4v) is 3.91. The van der Waals surface area contributed by atoms with E-state index >= 15 is 0 Å². The van der Waals surface area contributed by atoms with E-state index in [0.717, 1.165) is 11.4 Å². The summed E-state index contributed by atoms with van der Waals surface area (Å²) < 4.78 is 10.6. The molecule has 142 valence electrons. The first-order chi connectivity index (χ1) is 13.7. The van der Waals surface area contributed by atoms with Gasteiger partial charge in [-0.2, -0.15) is 0 Å². The minimum absolute atomic E-state index is 0.0986. The van der Waals surface area contributed by atoms with Gasteiger partial charge in [0.2, 0.25) is 12.7 Å². The number of benzene rings is 2. The van der Waals surface area contributed by atoms with Gasteiger partial charge in [0.05, 0.1) is 18.2 Å². The summed E-state index contributed by atoms with van der Waals surface area (Å²) in [6.45, 7) is 1.65. The van der Waals surface area contributed by atoms with Crippen LogP contribution in [0.1, 0.15) is 16.8 Å². The van der Waals surface area contributed by atoms with Crippen LogP contribution in [-0.4, -0.2) is 48.7 Å². The number of anilines is 1. The zero-order chi connectivity index (χ0) is 19.1. The predicted octanol–water partition coefficient (Wildman–Crippen LogP) is 2.64. The second kappa shape index (κ2) is 6.76. The number of hydrogen-bond acceptors (Lipinski definition) is 6. The molecule has 0 spiro atoms. The van der Waals surface area contributed by atoms with Crippen molar-refractivity contribution in [2.24, 2.45) is 10.9 Å². The Bertz CT molecular complexity index is 1000. The standard InChI is InChI=1S/C21H19N3O4/c25-20(22-13-5-6-18-19(9-13)28-12-27-18)11-24-8-7-17-15(10-24)21(26)14-3-1-2-4-16(14)23-17/h1-6,9,15H,7-8,10-12H2,(H,22,25). The van der Waals surface area contributed by atoms with Crippen LogP contribution in [0, 0.1) is 5.92 Å². The number of nitrogens with one attached hydrogen (secondary N) is 1. The summed E-state index contributed by atoms with van der Waals surface area (Å²) in [4.78, 5) is 32.0. The van der Waals surface area contributed by atoms with Crippen molar-refractivity contribution in [3.8, 4) is 11.5 Å². The first-order valence-electron chi connectivity index (χ1n) is 9.30. The van der Waals surface area contributed by atoms with Gasteiger partial charge >= 0.3 is 0 Å². The summed E-state index contributed by atoms with van der Waals surface area (Å²) in [5.74, 6) is 1.02. The molecule has 2 aromatic rings. The van der Waals surface area contributed by atoms with Crippen molar-refractivity contribution < 1.29 is 19.1 Å². The molecule has 2 aromatic carbocycles. The molecular weight excluding hydrogens is 358 g/mol. The fraction of sp³-hybridized carbons (Fsp3) is 0.286. The summed E-state index contributed by atoms with van der Waals surface area (Å²) in [5, 5.41) is 2.89. The average Bonchev–Trinajstić information content (AvgIpc) is 3.16. The Morgan fingerprint density at radius 2 is 2.04 bits per heavy atom. The van der Waals surface area contributed by atoms with Crippen LogP contribution < -0.4 is 14.8 Å². The number of Topliss-reactive ketones (excluding diaryl/α,β-unsaturated/α-hetero) is 1. The van der Waals surface area contributed by atoms with Crippen molar-refractivity contribution in [2.75, 3.05) is 31.7 Å². The smallest absolute Gasteiger partial charge is 0.238 e. The predicted molar refractivity (Wildman–Crippen MR) is 104 cm³/mol. The van der Waals surface area contributed by atoms with Crippen molar-refractivity contribution in [3.05, 3.63) is 48.0 Å². The van der Waals surface area contributed by atoms with Crippen molar-refractivity contribution in [1.82, 2.24) is 4.90 Å².